The largest absolute Gasteiger partial charge is 0.496 e. The number of carbonyl (C=O) groups is 3. The summed E-state index contributed by atoms with van der Waals surface area (Å²) in [6.45, 7) is 4.99. The van der Waals surface area contributed by atoms with Crippen molar-refractivity contribution in [2.45, 2.75) is 20.8 Å². The van der Waals surface area contributed by atoms with Crippen molar-refractivity contribution in [1.82, 2.24) is 5.32 Å². The van der Waals surface area contributed by atoms with Crippen molar-refractivity contribution in [2.75, 3.05) is 25.6 Å². The van der Waals surface area contributed by atoms with E-state index in [4.69, 9.17) is 9.47 Å². The summed E-state index contributed by atoms with van der Waals surface area (Å²) < 4.78 is 10.0. The number of carbonyl (C=O) groups excluding carboxylic acids is 3. The number of esters is 1. The van der Waals surface area contributed by atoms with E-state index in [0.717, 1.165) is 16.7 Å². The van der Waals surface area contributed by atoms with Crippen molar-refractivity contribution < 1.29 is 23.9 Å². The molecule has 0 heterocycles. The number of ether oxygens (including phenoxy) is 2. The van der Waals surface area contributed by atoms with Crippen LogP contribution in [0.3, 0.4) is 0 Å². The molecule has 0 aliphatic rings. The molecule has 28 heavy (non-hydrogen) atoms. The third-order valence-corrected chi connectivity index (χ3v) is 4.05. The Bertz CT molecular complexity index is 869. The highest BCUT2D eigenvalue weighted by Gasteiger charge is 2.14. The fourth-order valence-corrected chi connectivity index (χ4v) is 2.83. The molecule has 0 atom stereocenters. The van der Waals surface area contributed by atoms with Crippen LogP contribution in [0.4, 0.5) is 5.69 Å². The van der Waals surface area contributed by atoms with E-state index < -0.39 is 24.4 Å². The second-order valence-corrected chi connectivity index (χ2v) is 6.37. The minimum absolute atomic E-state index is 0.306. The van der Waals surface area contributed by atoms with Crippen LogP contribution in [0, 0.1) is 20.8 Å². The Labute approximate surface area is 164 Å². The van der Waals surface area contributed by atoms with Crippen LogP contribution in [0.25, 0.3) is 0 Å². The van der Waals surface area contributed by atoms with E-state index in [2.05, 4.69) is 10.6 Å². The number of hydrogen-bond donors (Lipinski definition) is 2. The average Bonchev–Trinajstić information content (AvgIpc) is 2.67. The Balaban J connectivity index is 1.82. The molecule has 0 unspecified atom stereocenters. The first-order valence-corrected chi connectivity index (χ1v) is 8.76. The molecule has 0 aliphatic heterocycles. The summed E-state index contributed by atoms with van der Waals surface area (Å²) in [5.41, 5.74) is 3.98. The number of para-hydroxylation sites is 1. The van der Waals surface area contributed by atoms with Gasteiger partial charge in [0.05, 0.1) is 12.7 Å². The van der Waals surface area contributed by atoms with Gasteiger partial charge in [0, 0.05) is 5.69 Å². The van der Waals surface area contributed by atoms with Gasteiger partial charge in [-0.3, -0.25) is 14.4 Å². The van der Waals surface area contributed by atoms with Gasteiger partial charge >= 0.3 is 5.97 Å². The number of benzene rings is 2. The highest BCUT2D eigenvalue weighted by atomic mass is 16.5. The first kappa shape index (κ1) is 21.0. The highest BCUT2D eigenvalue weighted by Crippen LogP contribution is 2.21. The van der Waals surface area contributed by atoms with Gasteiger partial charge in [-0.25, -0.2) is 0 Å². The summed E-state index contributed by atoms with van der Waals surface area (Å²) in [5.74, 6) is -1.23. The average molecular weight is 384 g/mol. The molecule has 2 aromatic rings. The van der Waals surface area contributed by atoms with Gasteiger partial charge < -0.3 is 20.1 Å². The summed E-state index contributed by atoms with van der Waals surface area (Å²) in [6, 6.07) is 10.6. The van der Waals surface area contributed by atoms with E-state index in [1.165, 1.54) is 7.11 Å². The maximum absolute atomic E-state index is 12.1. The van der Waals surface area contributed by atoms with E-state index in [0.29, 0.717) is 17.0 Å². The molecule has 2 aromatic carbocycles. The molecule has 2 N–H and O–H groups in total. The first-order valence-electron chi connectivity index (χ1n) is 8.76. The van der Waals surface area contributed by atoms with Crippen molar-refractivity contribution >= 4 is 23.5 Å². The van der Waals surface area contributed by atoms with Crippen LogP contribution in [-0.2, 0) is 14.3 Å². The molecule has 2 amide bonds. The molecule has 7 heteroatoms. The Morgan fingerprint density at radius 1 is 1.00 bits per heavy atom. The third kappa shape index (κ3) is 5.57. The smallest absolute Gasteiger partial charge is 0.325 e. The predicted molar refractivity (Wildman–Crippen MR) is 106 cm³/mol. The quantitative estimate of drug-likeness (QED) is 0.716. The lowest BCUT2D eigenvalue weighted by molar-refractivity contribution is -0.146. The predicted octanol–water partition coefficient (Wildman–Crippen LogP) is 2.53. The lowest BCUT2D eigenvalue weighted by Crippen LogP contribution is -2.32. The van der Waals surface area contributed by atoms with Crippen LogP contribution in [0.15, 0.2) is 36.4 Å². The lowest BCUT2D eigenvalue weighted by atomic mass is 10.1. The molecule has 0 aromatic heterocycles. The zero-order valence-corrected chi connectivity index (χ0v) is 16.4. The molecule has 0 fully saturated rings. The van der Waals surface area contributed by atoms with Gasteiger partial charge in [0.25, 0.3) is 11.8 Å². The number of methoxy groups -OCH3 is 1. The summed E-state index contributed by atoms with van der Waals surface area (Å²) >= 11 is 0. The molecule has 0 radical (unpaired) electrons. The molecular weight excluding hydrogens is 360 g/mol. The van der Waals surface area contributed by atoms with Crippen LogP contribution in [0.5, 0.6) is 5.75 Å². The fraction of sp³-hybridized carbons (Fsp3) is 0.286. The summed E-state index contributed by atoms with van der Waals surface area (Å²) in [7, 11) is 1.45. The van der Waals surface area contributed by atoms with Crippen LogP contribution in [-0.4, -0.2) is 38.0 Å². The van der Waals surface area contributed by atoms with Crippen LogP contribution in [0.1, 0.15) is 27.0 Å². The minimum atomic E-state index is -0.712. The number of nitrogens with one attached hydrogen (secondary N) is 2. The summed E-state index contributed by atoms with van der Waals surface area (Å²) in [4.78, 5) is 36.0. The van der Waals surface area contributed by atoms with Crippen molar-refractivity contribution in [3.05, 3.63) is 58.7 Å². The van der Waals surface area contributed by atoms with Gasteiger partial charge in [-0.1, -0.05) is 29.8 Å². The van der Waals surface area contributed by atoms with Crippen LogP contribution < -0.4 is 15.4 Å². The monoisotopic (exact) mass is 384 g/mol. The van der Waals surface area contributed by atoms with Gasteiger partial charge in [0.15, 0.2) is 6.61 Å². The molecule has 0 bridgehead atoms. The minimum Gasteiger partial charge on any atom is -0.496 e. The molecule has 0 saturated heterocycles. The maximum Gasteiger partial charge on any atom is 0.325 e. The Morgan fingerprint density at radius 2 is 1.64 bits per heavy atom. The van der Waals surface area contributed by atoms with E-state index in [-0.39, 0.29) is 6.54 Å². The molecule has 0 aliphatic carbocycles. The van der Waals surface area contributed by atoms with Gasteiger partial charge in [0.2, 0.25) is 0 Å². The van der Waals surface area contributed by atoms with Gasteiger partial charge in [-0.15, -0.1) is 0 Å². The molecule has 7 nitrogen and oxygen atoms in total. The third-order valence-electron chi connectivity index (χ3n) is 4.05. The number of aryl methyl sites for hydroxylation is 3. The van der Waals surface area contributed by atoms with Crippen molar-refractivity contribution in [1.29, 1.82) is 0 Å². The zero-order valence-electron chi connectivity index (χ0n) is 16.4. The van der Waals surface area contributed by atoms with Crippen molar-refractivity contribution in [3.63, 3.8) is 0 Å². The highest BCUT2D eigenvalue weighted by molar-refractivity contribution is 5.98. The van der Waals surface area contributed by atoms with E-state index in [9.17, 15) is 14.4 Å². The van der Waals surface area contributed by atoms with E-state index >= 15 is 0 Å². The second-order valence-electron chi connectivity index (χ2n) is 6.37. The van der Waals surface area contributed by atoms with Gasteiger partial charge in [-0.05, 0) is 44.0 Å². The first-order chi connectivity index (χ1) is 13.3. The number of rotatable bonds is 7. The standard InChI is InChI=1S/C21H24N2O5/c1-13-9-14(2)20(15(3)10-13)23-18(24)12-28-19(25)11-22-21(26)16-7-5-6-8-17(16)27-4/h5-10H,11-12H2,1-4H3,(H,22,26)(H,23,24). The molecular formula is C21H24N2O5. The van der Waals surface area contributed by atoms with E-state index in [1.807, 2.05) is 32.9 Å². The zero-order chi connectivity index (χ0) is 20.7. The normalized spacial score (nSPS) is 10.1. The Kier molecular flexibility index (Phi) is 7.14. The molecule has 2 rings (SSSR count). The van der Waals surface area contributed by atoms with Crippen molar-refractivity contribution in [3.8, 4) is 5.75 Å². The molecule has 0 spiro atoms. The molecule has 148 valence electrons. The second kappa shape index (κ2) is 9.55. The fourth-order valence-electron chi connectivity index (χ4n) is 2.83. The van der Waals surface area contributed by atoms with Crippen LogP contribution >= 0.6 is 0 Å². The molecule has 0 saturated carbocycles. The van der Waals surface area contributed by atoms with Gasteiger partial charge in [0.1, 0.15) is 12.3 Å². The lowest BCUT2D eigenvalue weighted by Gasteiger charge is -2.13. The van der Waals surface area contributed by atoms with E-state index in [1.54, 1.807) is 24.3 Å². The van der Waals surface area contributed by atoms with Crippen LogP contribution in [0.2, 0.25) is 0 Å². The summed E-state index contributed by atoms with van der Waals surface area (Å²) in [6.07, 6.45) is 0. The Hall–Kier alpha value is -3.35. The maximum atomic E-state index is 12.1. The number of amides is 2. The van der Waals surface area contributed by atoms with Gasteiger partial charge in [-0.2, -0.15) is 0 Å². The SMILES string of the molecule is COc1ccccc1C(=O)NCC(=O)OCC(=O)Nc1c(C)cc(C)cc1C. The Morgan fingerprint density at radius 3 is 2.29 bits per heavy atom. The summed E-state index contributed by atoms with van der Waals surface area (Å²) in [5, 5.41) is 5.19. The van der Waals surface area contributed by atoms with Crippen molar-refractivity contribution in [2.24, 2.45) is 0 Å². The number of hydrogen-bond acceptors (Lipinski definition) is 5. The topological polar surface area (TPSA) is 93.7 Å². The number of anilines is 1.